The molecule has 0 saturated heterocycles. The van der Waals surface area contributed by atoms with Gasteiger partial charge in [-0.05, 0) is 19.1 Å². The summed E-state index contributed by atoms with van der Waals surface area (Å²) in [5, 5.41) is 1.97. The van der Waals surface area contributed by atoms with E-state index in [1.807, 2.05) is 18.4 Å². The average molecular weight is 288 g/mol. The van der Waals surface area contributed by atoms with Crippen LogP contribution in [0.4, 0.5) is 0 Å². The van der Waals surface area contributed by atoms with Crippen LogP contribution < -0.4 is 5.73 Å². The van der Waals surface area contributed by atoms with Crippen molar-refractivity contribution in [2.45, 2.75) is 13.5 Å². The summed E-state index contributed by atoms with van der Waals surface area (Å²) in [6, 6.07) is 3.76. The first-order valence-corrected chi connectivity index (χ1v) is 7.05. The van der Waals surface area contributed by atoms with Crippen LogP contribution in [0.3, 0.4) is 0 Å². The lowest BCUT2D eigenvalue weighted by molar-refractivity contribution is 0.0754. The van der Waals surface area contributed by atoms with Crippen LogP contribution in [-0.4, -0.2) is 24.4 Å². The van der Waals surface area contributed by atoms with Gasteiger partial charge >= 0.3 is 0 Å². The molecule has 0 aliphatic rings. The summed E-state index contributed by atoms with van der Waals surface area (Å²) in [5.41, 5.74) is 7.12. The maximum absolute atomic E-state index is 12.2. The third kappa shape index (κ3) is 3.29. The van der Waals surface area contributed by atoms with Crippen molar-refractivity contribution in [3.05, 3.63) is 45.5 Å². The van der Waals surface area contributed by atoms with E-state index in [1.54, 1.807) is 29.4 Å². The van der Waals surface area contributed by atoms with Gasteiger partial charge in [0, 0.05) is 28.4 Å². The van der Waals surface area contributed by atoms with Crippen LogP contribution in [0.5, 0.6) is 0 Å². The number of amides is 1. The molecule has 104 valence electrons. The highest BCUT2D eigenvalue weighted by atomic mass is 32.1. The number of furan rings is 1. The number of thiophene rings is 1. The summed E-state index contributed by atoms with van der Waals surface area (Å²) in [5.74, 6) is 6.07. The Bertz CT molecular complexity index is 661. The summed E-state index contributed by atoms with van der Waals surface area (Å²) >= 11 is 1.58. The molecule has 4 nitrogen and oxygen atoms in total. The smallest absolute Gasteiger partial charge is 0.289 e. The highest BCUT2D eigenvalue weighted by Crippen LogP contribution is 2.18. The molecule has 5 heteroatoms. The molecule has 0 bridgehead atoms. The zero-order valence-corrected chi connectivity index (χ0v) is 12.3. The van der Waals surface area contributed by atoms with Crippen molar-refractivity contribution in [2.24, 2.45) is 5.73 Å². The van der Waals surface area contributed by atoms with Crippen LogP contribution in [0, 0.1) is 18.8 Å². The summed E-state index contributed by atoms with van der Waals surface area (Å²) in [4.78, 5) is 14.9. The first-order valence-electron chi connectivity index (χ1n) is 6.17. The predicted molar refractivity (Wildman–Crippen MR) is 79.5 cm³/mol. The fraction of sp³-hybridized carbons (Fsp3) is 0.267. The Balaban J connectivity index is 2.04. The molecule has 2 aromatic rings. The van der Waals surface area contributed by atoms with Crippen molar-refractivity contribution in [1.82, 2.24) is 4.90 Å². The Labute approximate surface area is 122 Å². The third-order valence-corrected chi connectivity index (χ3v) is 3.71. The molecular weight excluding hydrogens is 272 g/mol. The van der Waals surface area contributed by atoms with Crippen molar-refractivity contribution in [3.8, 4) is 11.8 Å². The van der Waals surface area contributed by atoms with Crippen LogP contribution in [0.1, 0.15) is 26.6 Å². The summed E-state index contributed by atoms with van der Waals surface area (Å²) in [7, 11) is 1.76. The van der Waals surface area contributed by atoms with E-state index in [0.29, 0.717) is 18.8 Å². The Morgan fingerprint density at radius 1 is 1.55 bits per heavy atom. The molecule has 0 fully saturated rings. The molecule has 20 heavy (non-hydrogen) atoms. The molecule has 0 aliphatic heterocycles. The van der Waals surface area contributed by atoms with Crippen LogP contribution in [-0.2, 0) is 6.54 Å². The van der Waals surface area contributed by atoms with Gasteiger partial charge in [-0.1, -0.05) is 11.8 Å². The lowest BCUT2D eigenvalue weighted by Gasteiger charge is -2.14. The van der Waals surface area contributed by atoms with Gasteiger partial charge in [0.2, 0.25) is 0 Å². The molecule has 0 unspecified atom stereocenters. The fourth-order valence-corrected chi connectivity index (χ4v) is 2.62. The minimum Gasteiger partial charge on any atom is -0.459 e. The van der Waals surface area contributed by atoms with Gasteiger partial charge in [-0.2, -0.15) is 0 Å². The van der Waals surface area contributed by atoms with Gasteiger partial charge in [-0.3, -0.25) is 4.79 Å². The monoisotopic (exact) mass is 288 g/mol. The molecule has 2 N–H and O–H groups in total. The van der Waals surface area contributed by atoms with Gasteiger partial charge in [0.15, 0.2) is 5.76 Å². The van der Waals surface area contributed by atoms with Gasteiger partial charge in [0.1, 0.15) is 0 Å². The maximum atomic E-state index is 12.2. The van der Waals surface area contributed by atoms with Crippen LogP contribution in [0.2, 0.25) is 0 Å². The Kier molecular flexibility index (Phi) is 4.61. The molecule has 0 aliphatic carbocycles. The molecule has 0 saturated carbocycles. The highest BCUT2D eigenvalue weighted by Gasteiger charge is 2.17. The molecule has 1 amide bonds. The minimum atomic E-state index is -0.115. The van der Waals surface area contributed by atoms with Gasteiger partial charge in [-0.15, -0.1) is 11.3 Å². The van der Waals surface area contributed by atoms with Gasteiger partial charge in [0.05, 0.1) is 19.4 Å². The average Bonchev–Trinajstić information content (AvgIpc) is 3.04. The zero-order valence-electron chi connectivity index (χ0n) is 11.5. The van der Waals surface area contributed by atoms with E-state index in [2.05, 4.69) is 11.8 Å². The SMILES string of the molecule is Cc1ccoc1C(=O)N(C)Cc1cc(C#CCN)cs1. The van der Waals surface area contributed by atoms with Gasteiger partial charge in [0.25, 0.3) is 5.91 Å². The van der Waals surface area contributed by atoms with Crippen molar-refractivity contribution >= 4 is 17.2 Å². The third-order valence-electron chi connectivity index (χ3n) is 2.78. The van der Waals surface area contributed by atoms with Crippen molar-refractivity contribution in [2.75, 3.05) is 13.6 Å². The van der Waals surface area contributed by atoms with Crippen LogP contribution in [0.25, 0.3) is 0 Å². The molecule has 0 radical (unpaired) electrons. The van der Waals surface area contributed by atoms with Gasteiger partial charge in [-0.25, -0.2) is 0 Å². The minimum absolute atomic E-state index is 0.115. The second kappa shape index (κ2) is 6.42. The number of carbonyl (C=O) groups is 1. The number of aryl methyl sites for hydroxylation is 1. The van der Waals surface area contributed by atoms with E-state index in [0.717, 1.165) is 16.0 Å². The maximum Gasteiger partial charge on any atom is 0.289 e. The van der Waals surface area contributed by atoms with E-state index < -0.39 is 0 Å². The molecule has 2 aromatic heterocycles. The number of carbonyl (C=O) groups excluding carboxylic acids is 1. The number of nitrogens with two attached hydrogens (primary N) is 1. The Morgan fingerprint density at radius 2 is 2.35 bits per heavy atom. The van der Waals surface area contributed by atoms with E-state index in [4.69, 9.17) is 10.2 Å². The first-order chi connectivity index (χ1) is 9.61. The summed E-state index contributed by atoms with van der Waals surface area (Å²) in [6.07, 6.45) is 1.53. The fourth-order valence-electron chi connectivity index (χ4n) is 1.75. The molecule has 0 atom stereocenters. The molecule has 0 aromatic carbocycles. The molecule has 2 rings (SSSR count). The molecule has 0 spiro atoms. The second-order valence-corrected chi connectivity index (χ2v) is 5.40. The Morgan fingerprint density at radius 3 is 3.00 bits per heavy atom. The Hall–Kier alpha value is -2.03. The largest absolute Gasteiger partial charge is 0.459 e. The summed E-state index contributed by atoms with van der Waals surface area (Å²) < 4.78 is 5.22. The van der Waals surface area contributed by atoms with E-state index in [1.165, 1.54) is 6.26 Å². The number of hydrogen-bond donors (Lipinski definition) is 1. The number of nitrogens with zero attached hydrogens (tertiary/aromatic N) is 1. The van der Waals surface area contributed by atoms with Crippen LogP contribution in [0.15, 0.2) is 28.2 Å². The first kappa shape index (κ1) is 14.4. The van der Waals surface area contributed by atoms with Crippen molar-refractivity contribution < 1.29 is 9.21 Å². The normalized spacial score (nSPS) is 9.95. The van der Waals surface area contributed by atoms with E-state index >= 15 is 0 Å². The quantitative estimate of drug-likeness (QED) is 0.881. The topological polar surface area (TPSA) is 59.5 Å². The standard InChI is InChI=1S/C15H16N2O2S/c1-11-5-7-19-14(11)15(18)17(2)9-13-8-12(10-20-13)4-3-6-16/h5,7-8,10H,6,9,16H2,1-2H3. The number of hydrogen-bond acceptors (Lipinski definition) is 4. The lowest BCUT2D eigenvalue weighted by atomic mass is 10.2. The van der Waals surface area contributed by atoms with E-state index in [-0.39, 0.29) is 5.91 Å². The summed E-state index contributed by atoms with van der Waals surface area (Å²) in [6.45, 7) is 2.74. The van der Waals surface area contributed by atoms with Crippen molar-refractivity contribution in [1.29, 1.82) is 0 Å². The molecular formula is C15H16N2O2S. The lowest BCUT2D eigenvalue weighted by Crippen LogP contribution is -2.25. The zero-order chi connectivity index (χ0) is 14.5. The van der Waals surface area contributed by atoms with Crippen LogP contribution >= 0.6 is 11.3 Å². The van der Waals surface area contributed by atoms with Gasteiger partial charge < -0.3 is 15.1 Å². The van der Waals surface area contributed by atoms with E-state index in [9.17, 15) is 4.79 Å². The number of rotatable bonds is 3. The highest BCUT2D eigenvalue weighted by molar-refractivity contribution is 7.10. The molecule has 2 heterocycles. The second-order valence-electron chi connectivity index (χ2n) is 4.40. The predicted octanol–water partition coefficient (Wildman–Crippen LogP) is 2.23. The van der Waals surface area contributed by atoms with Crippen molar-refractivity contribution in [3.63, 3.8) is 0 Å².